The van der Waals surface area contributed by atoms with Crippen molar-refractivity contribution in [1.82, 2.24) is 10.6 Å². The molecule has 0 bridgehead atoms. The van der Waals surface area contributed by atoms with Crippen LogP contribution in [0.4, 0.5) is 4.79 Å². The minimum absolute atomic E-state index is 0.119. The van der Waals surface area contributed by atoms with Crippen LogP contribution in [0.25, 0.3) is 0 Å². The lowest BCUT2D eigenvalue weighted by Crippen LogP contribution is -2.49. The first-order valence-electron chi connectivity index (χ1n) is 5.16. The summed E-state index contributed by atoms with van der Waals surface area (Å²) in [6, 6.07) is -0.363. The van der Waals surface area contributed by atoms with E-state index in [-0.39, 0.29) is 12.5 Å². The van der Waals surface area contributed by atoms with E-state index < -0.39 is 11.5 Å². The first-order chi connectivity index (χ1) is 7.87. The lowest BCUT2D eigenvalue weighted by Gasteiger charge is -2.24. The molecule has 0 saturated heterocycles. The van der Waals surface area contributed by atoms with Crippen LogP contribution in [0.1, 0.15) is 20.3 Å². The van der Waals surface area contributed by atoms with Crippen molar-refractivity contribution in [3.8, 4) is 12.3 Å². The van der Waals surface area contributed by atoms with Crippen LogP contribution in [0.15, 0.2) is 0 Å². The van der Waals surface area contributed by atoms with Gasteiger partial charge in [-0.25, -0.2) is 4.79 Å². The number of urea groups is 1. The minimum Gasteiger partial charge on any atom is -0.481 e. The van der Waals surface area contributed by atoms with E-state index in [1.165, 1.54) is 0 Å². The zero-order valence-electron chi connectivity index (χ0n) is 10.1. The number of carboxylic acid groups (broad SMARTS) is 1. The van der Waals surface area contributed by atoms with E-state index in [9.17, 15) is 9.59 Å². The molecule has 0 fully saturated rings. The Kier molecular flexibility index (Phi) is 7.22. The molecule has 17 heavy (non-hydrogen) atoms. The quantitative estimate of drug-likeness (QED) is 0.468. The van der Waals surface area contributed by atoms with E-state index in [1.54, 1.807) is 25.6 Å². The van der Waals surface area contributed by atoms with Crippen molar-refractivity contribution >= 4 is 23.8 Å². The van der Waals surface area contributed by atoms with Crippen molar-refractivity contribution in [2.24, 2.45) is 0 Å². The third-order valence-corrected chi connectivity index (χ3v) is 2.63. The number of carbonyl (C=O) groups excluding carboxylic acids is 1. The summed E-state index contributed by atoms with van der Waals surface area (Å²) in [5.74, 6) is 2.89. The largest absolute Gasteiger partial charge is 0.481 e. The second kappa shape index (κ2) is 7.85. The van der Waals surface area contributed by atoms with Crippen molar-refractivity contribution in [3.63, 3.8) is 0 Å². The molecule has 96 valence electrons. The van der Waals surface area contributed by atoms with Crippen LogP contribution in [0, 0.1) is 12.3 Å². The first-order valence-corrected chi connectivity index (χ1v) is 6.32. The van der Waals surface area contributed by atoms with E-state index in [1.807, 2.05) is 0 Å². The van der Waals surface area contributed by atoms with Crippen molar-refractivity contribution in [3.05, 3.63) is 0 Å². The van der Waals surface area contributed by atoms with Gasteiger partial charge in [0.05, 0.1) is 12.2 Å². The fourth-order valence-electron chi connectivity index (χ4n) is 1.14. The van der Waals surface area contributed by atoms with E-state index in [0.717, 1.165) is 5.75 Å². The Labute approximate surface area is 106 Å². The van der Waals surface area contributed by atoms with Gasteiger partial charge in [-0.3, -0.25) is 4.79 Å². The minimum atomic E-state index is -0.945. The molecule has 0 aliphatic rings. The van der Waals surface area contributed by atoms with E-state index >= 15 is 0 Å². The van der Waals surface area contributed by atoms with E-state index in [0.29, 0.717) is 12.3 Å². The summed E-state index contributed by atoms with van der Waals surface area (Å²) in [7, 11) is 0. The summed E-state index contributed by atoms with van der Waals surface area (Å²) in [4.78, 5) is 21.9. The number of rotatable bonds is 7. The summed E-state index contributed by atoms with van der Waals surface area (Å²) in [5, 5.41) is 13.9. The second-order valence-corrected chi connectivity index (χ2v) is 5.20. The van der Waals surface area contributed by atoms with Gasteiger partial charge in [0, 0.05) is 17.8 Å². The lowest BCUT2D eigenvalue weighted by atomic mass is 10.0. The Bertz CT molecular complexity index is 310. The Hall–Kier alpha value is -1.35. The van der Waals surface area contributed by atoms with Crippen molar-refractivity contribution in [2.75, 3.05) is 18.1 Å². The smallest absolute Gasteiger partial charge is 0.315 e. The molecule has 2 amide bonds. The summed E-state index contributed by atoms with van der Waals surface area (Å²) in [6.45, 7) is 3.82. The standard InChI is InChI=1S/C11H18N2O3S/c1-4-6-17-7-5-12-10(16)13-11(2,3)8-9(14)15/h1H,5-8H2,2-3H3,(H,14,15)(H2,12,13,16). The number of nitrogens with one attached hydrogen (secondary N) is 2. The molecule has 0 aliphatic heterocycles. The predicted molar refractivity (Wildman–Crippen MR) is 69.0 cm³/mol. The summed E-state index contributed by atoms with van der Waals surface area (Å²) in [5.41, 5.74) is -0.762. The molecule has 0 unspecified atom stereocenters. The van der Waals surface area contributed by atoms with Gasteiger partial charge in [-0.15, -0.1) is 18.2 Å². The number of terminal acetylenes is 1. The van der Waals surface area contributed by atoms with Crippen LogP contribution in [-0.4, -0.2) is 40.7 Å². The Balaban J connectivity index is 3.78. The van der Waals surface area contributed by atoms with Crippen LogP contribution >= 0.6 is 11.8 Å². The summed E-state index contributed by atoms with van der Waals surface area (Å²) >= 11 is 1.55. The lowest BCUT2D eigenvalue weighted by molar-refractivity contribution is -0.138. The average Bonchev–Trinajstić information content (AvgIpc) is 2.14. The zero-order chi connectivity index (χ0) is 13.3. The molecule has 0 aromatic heterocycles. The third-order valence-electron chi connectivity index (χ3n) is 1.76. The normalized spacial score (nSPS) is 10.4. The van der Waals surface area contributed by atoms with Gasteiger partial charge >= 0.3 is 12.0 Å². The van der Waals surface area contributed by atoms with E-state index in [2.05, 4.69) is 16.6 Å². The highest BCUT2D eigenvalue weighted by molar-refractivity contribution is 7.99. The highest BCUT2D eigenvalue weighted by atomic mass is 32.2. The predicted octanol–water partition coefficient (Wildman–Crippen LogP) is 0.905. The molecule has 5 nitrogen and oxygen atoms in total. The van der Waals surface area contributed by atoms with Gasteiger partial charge in [-0.2, -0.15) is 0 Å². The van der Waals surface area contributed by atoms with Crippen LogP contribution in [-0.2, 0) is 4.79 Å². The number of thioether (sulfide) groups is 1. The SMILES string of the molecule is C#CCSCCNC(=O)NC(C)(C)CC(=O)O. The van der Waals surface area contributed by atoms with Gasteiger partial charge in [0.25, 0.3) is 0 Å². The maximum Gasteiger partial charge on any atom is 0.315 e. The van der Waals surface area contributed by atoms with Crippen molar-refractivity contribution < 1.29 is 14.7 Å². The molecule has 0 aliphatic carbocycles. The fourth-order valence-corrected chi connectivity index (χ4v) is 1.65. The van der Waals surface area contributed by atoms with Crippen molar-refractivity contribution in [1.29, 1.82) is 0 Å². The summed E-state index contributed by atoms with van der Waals surface area (Å²) in [6.07, 6.45) is 4.96. The molecule has 0 atom stereocenters. The van der Waals surface area contributed by atoms with Crippen LogP contribution in [0.5, 0.6) is 0 Å². The zero-order valence-corrected chi connectivity index (χ0v) is 10.9. The summed E-state index contributed by atoms with van der Waals surface area (Å²) < 4.78 is 0. The van der Waals surface area contributed by atoms with Crippen LogP contribution in [0.3, 0.4) is 0 Å². The average molecular weight is 258 g/mol. The molecule has 0 spiro atoms. The van der Waals surface area contributed by atoms with Gasteiger partial charge in [-0.1, -0.05) is 5.92 Å². The molecule has 6 heteroatoms. The Morgan fingerprint density at radius 3 is 2.65 bits per heavy atom. The first kappa shape index (κ1) is 15.7. The molecule has 0 rings (SSSR count). The number of carboxylic acids is 1. The Morgan fingerprint density at radius 2 is 2.12 bits per heavy atom. The van der Waals surface area contributed by atoms with Gasteiger partial charge in [0.2, 0.25) is 0 Å². The fraction of sp³-hybridized carbons (Fsp3) is 0.636. The molecule has 0 saturated carbocycles. The number of carbonyl (C=O) groups is 2. The molecular formula is C11H18N2O3S. The van der Waals surface area contributed by atoms with E-state index in [4.69, 9.17) is 11.5 Å². The number of hydrogen-bond acceptors (Lipinski definition) is 3. The molecule has 0 aromatic rings. The van der Waals surface area contributed by atoms with Crippen LogP contribution in [0.2, 0.25) is 0 Å². The number of amides is 2. The Morgan fingerprint density at radius 1 is 1.47 bits per heavy atom. The highest BCUT2D eigenvalue weighted by Crippen LogP contribution is 2.07. The maximum absolute atomic E-state index is 11.4. The number of hydrogen-bond donors (Lipinski definition) is 3. The van der Waals surface area contributed by atoms with Gasteiger partial charge in [-0.05, 0) is 13.8 Å². The number of aliphatic carboxylic acids is 1. The second-order valence-electron chi connectivity index (χ2n) is 4.09. The molecule has 0 heterocycles. The third kappa shape index (κ3) is 9.57. The van der Waals surface area contributed by atoms with Crippen LogP contribution < -0.4 is 10.6 Å². The molecule has 0 aromatic carbocycles. The van der Waals surface area contributed by atoms with Gasteiger partial charge < -0.3 is 15.7 Å². The van der Waals surface area contributed by atoms with Gasteiger partial charge in [0.1, 0.15) is 0 Å². The van der Waals surface area contributed by atoms with Crippen molar-refractivity contribution in [2.45, 2.75) is 25.8 Å². The molecule has 3 N–H and O–H groups in total. The molecule has 0 radical (unpaired) electrons. The maximum atomic E-state index is 11.4. The monoisotopic (exact) mass is 258 g/mol. The van der Waals surface area contributed by atoms with Gasteiger partial charge in [0.15, 0.2) is 0 Å². The molecular weight excluding hydrogens is 240 g/mol. The topological polar surface area (TPSA) is 78.4 Å². The highest BCUT2D eigenvalue weighted by Gasteiger charge is 2.23.